The Morgan fingerprint density at radius 1 is 1.07 bits per heavy atom. The lowest BCUT2D eigenvalue weighted by Gasteiger charge is -2.23. The number of rotatable bonds is 7. The molecule has 1 aromatic heterocycles. The average Bonchev–Trinajstić information content (AvgIpc) is 3.57. The largest absolute Gasteiger partial charge is 0.507 e. The molecule has 4 N–H and O–H groups in total. The number of aromatic nitrogens is 1. The number of aromatic hydroxyl groups is 1. The van der Waals surface area contributed by atoms with Gasteiger partial charge in [-0.2, -0.15) is 0 Å². The second-order valence-electron chi connectivity index (χ2n) is 8.71. The molecular weight excluding hydrogens is 594 g/mol. The van der Waals surface area contributed by atoms with Crippen molar-refractivity contribution in [2.75, 3.05) is 17.5 Å². The molecule has 0 radical (unpaired) electrons. The number of phenols is 1. The summed E-state index contributed by atoms with van der Waals surface area (Å²) in [7, 11) is -2.76. The van der Waals surface area contributed by atoms with Crippen molar-refractivity contribution >= 4 is 61.0 Å². The van der Waals surface area contributed by atoms with Gasteiger partial charge in [-0.15, -0.1) is 0 Å². The molecule has 1 amide bonds. The van der Waals surface area contributed by atoms with E-state index in [-0.39, 0.29) is 48.1 Å². The first-order valence-corrected chi connectivity index (χ1v) is 14.4. The van der Waals surface area contributed by atoms with Gasteiger partial charge < -0.3 is 14.9 Å². The predicted octanol–water partition coefficient (Wildman–Crippen LogP) is 4.77. The maximum absolute atomic E-state index is 13.4. The van der Waals surface area contributed by atoms with Crippen LogP contribution >= 0.6 is 22.9 Å². The number of aliphatic hydroxyl groups excluding tert-OH is 1. The minimum atomic E-state index is -4.08. The first-order chi connectivity index (χ1) is 19.6. The lowest BCUT2D eigenvalue weighted by molar-refractivity contribution is -0.132. The van der Waals surface area contributed by atoms with Gasteiger partial charge in [0.05, 0.1) is 35.5 Å². The fraction of sp³-hybridized carbons (Fsp3) is 0.0741. The van der Waals surface area contributed by atoms with Gasteiger partial charge in [-0.25, -0.2) is 13.4 Å². The first-order valence-electron chi connectivity index (χ1n) is 11.7. The smallest absolute Gasteiger partial charge is 0.301 e. The number of hydrogen-bond donors (Lipinski definition) is 4. The van der Waals surface area contributed by atoms with Crippen LogP contribution in [0.15, 0.2) is 87.6 Å². The number of thiazole rings is 1. The molecule has 41 heavy (non-hydrogen) atoms. The highest BCUT2D eigenvalue weighted by Crippen LogP contribution is 2.45. The molecule has 11 nitrogen and oxygen atoms in total. The van der Waals surface area contributed by atoms with Crippen LogP contribution in [-0.2, 0) is 19.4 Å². The van der Waals surface area contributed by atoms with E-state index in [1.807, 2.05) is 5.48 Å². The monoisotopic (exact) mass is 613 g/mol. The van der Waals surface area contributed by atoms with E-state index in [2.05, 4.69) is 4.98 Å². The number of anilines is 2. The van der Waals surface area contributed by atoms with E-state index in [0.717, 1.165) is 11.1 Å². The van der Waals surface area contributed by atoms with Crippen LogP contribution in [0.4, 0.5) is 10.8 Å². The molecule has 4 aromatic rings. The molecule has 5 rings (SSSR count). The summed E-state index contributed by atoms with van der Waals surface area (Å²) in [6.45, 7) is 0. The van der Waals surface area contributed by atoms with Crippen molar-refractivity contribution in [3.05, 3.63) is 94.6 Å². The third kappa shape index (κ3) is 5.00. The summed E-state index contributed by atoms with van der Waals surface area (Å²) in [4.78, 5) is 31.9. The molecule has 3 aromatic carbocycles. The number of nitrogens with one attached hydrogen (secondary N) is 1. The molecular formula is C27H20ClN3O8S2. The third-order valence-corrected chi connectivity index (χ3v) is 9.80. The van der Waals surface area contributed by atoms with Crippen molar-refractivity contribution in [1.82, 2.24) is 4.98 Å². The topological polar surface area (TPSA) is 166 Å². The summed E-state index contributed by atoms with van der Waals surface area (Å²) in [6, 6.07) is 14.2. The summed E-state index contributed by atoms with van der Waals surface area (Å²) in [6.07, 6.45) is 1.07. The van der Waals surface area contributed by atoms with Gasteiger partial charge in [0.2, 0.25) is 9.84 Å². The Morgan fingerprint density at radius 3 is 2.39 bits per heavy atom. The molecule has 2 heterocycles. The van der Waals surface area contributed by atoms with Crippen molar-refractivity contribution in [1.29, 1.82) is 0 Å². The summed E-state index contributed by atoms with van der Waals surface area (Å²) in [5, 5.41) is 30.6. The number of sulfone groups is 1. The normalized spacial score (nSPS) is 16.7. The van der Waals surface area contributed by atoms with Gasteiger partial charge in [0.1, 0.15) is 9.97 Å². The highest BCUT2D eigenvalue weighted by atomic mass is 35.5. The minimum Gasteiger partial charge on any atom is -0.507 e. The number of carbonyl (C=O) groups is 2. The second kappa shape index (κ2) is 10.9. The maximum atomic E-state index is 13.4. The van der Waals surface area contributed by atoms with Crippen molar-refractivity contribution in [2.45, 2.75) is 15.1 Å². The lowest BCUT2D eigenvalue weighted by Crippen LogP contribution is -2.29. The zero-order chi connectivity index (χ0) is 29.5. The number of amides is 1. The highest BCUT2D eigenvalue weighted by Gasteiger charge is 2.48. The fourth-order valence-electron chi connectivity index (χ4n) is 4.28. The molecule has 1 atom stereocenters. The molecule has 1 fully saturated rings. The second-order valence-corrected chi connectivity index (χ2v) is 12.3. The van der Waals surface area contributed by atoms with Crippen molar-refractivity contribution in [2.24, 2.45) is 0 Å². The quantitative estimate of drug-likeness (QED) is 0.0986. The van der Waals surface area contributed by atoms with E-state index >= 15 is 0 Å². The van der Waals surface area contributed by atoms with Crippen LogP contribution in [0.2, 0.25) is 5.02 Å². The van der Waals surface area contributed by atoms with Crippen molar-refractivity contribution in [3.8, 4) is 11.5 Å². The number of nitrogens with zero attached hydrogens (tertiary/aromatic N) is 2. The number of aliphatic hydroxyl groups is 1. The summed E-state index contributed by atoms with van der Waals surface area (Å²) < 4.78 is 31.5. The van der Waals surface area contributed by atoms with Gasteiger partial charge in [0, 0.05) is 10.6 Å². The summed E-state index contributed by atoms with van der Waals surface area (Å²) in [5.74, 6) is -2.71. The Balaban J connectivity index is 1.66. The number of phenolic OH excluding ortho intramolecular Hbond substituents is 1. The van der Waals surface area contributed by atoms with Crippen LogP contribution in [0.1, 0.15) is 17.2 Å². The summed E-state index contributed by atoms with van der Waals surface area (Å²) in [5.41, 5.74) is 2.41. The number of hydrogen-bond acceptors (Lipinski definition) is 11. The molecule has 1 saturated heterocycles. The van der Waals surface area contributed by atoms with E-state index in [1.165, 1.54) is 73.8 Å². The molecule has 0 saturated carbocycles. The van der Waals surface area contributed by atoms with Crippen LogP contribution in [0.5, 0.6) is 11.5 Å². The Labute approximate surface area is 242 Å². The van der Waals surface area contributed by atoms with Gasteiger partial charge in [-0.1, -0.05) is 29.0 Å². The van der Waals surface area contributed by atoms with E-state index in [9.17, 15) is 28.2 Å². The molecule has 0 aliphatic carbocycles. The number of benzene rings is 3. The van der Waals surface area contributed by atoms with Gasteiger partial charge in [-0.3, -0.25) is 25.2 Å². The Hall–Kier alpha value is -4.43. The number of ether oxygens (including phenoxy) is 1. The van der Waals surface area contributed by atoms with Gasteiger partial charge in [-0.05, 0) is 66.2 Å². The first kappa shape index (κ1) is 28.1. The molecule has 14 heteroatoms. The average molecular weight is 614 g/mol. The van der Waals surface area contributed by atoms with Crippen LogP contribution in [0, 0.1) is 0 Å². The molecule has 210 valence electrons. The Bertz CT molecular complexity index is 1800. The van der Waals surface area contributed by atoms with Crippen LogP contribution in [0.3, 0.4) is 0 Å². The van der Waals surface area contributed by atoms with Gasteiger partial charge >= 0.3 is 5.91 Å². The maximum Gasteiger partial charge on any atom is 0.301 e. The standard InChI is InChI=1S/C27H20ClN3O8S2/c1-39-20-12-15(4-11-19(20)32)23-22(24(33)14-2-5-16(28)6-3-14)25(34)26(35)31(23)27-29-13-21(40-27)41(37,38)18-9-7-17(30-36)8-10-18/h2-13,23,30,32-33,36H,1H3. The van der Waals surface area contributed by atoms with E-state index in [1.54, 1.807) is 0 Å². The zero-order valence-corrected chi connectivity index (χ0v) is 23.4. The number of Topliss-reactive ketones (excluding diaryl/α,β-unsaturated/α-hetero) is 1. The minimum absolute atomic E-state index is 0.0443. The van der Waals surface area contributed by atoms with Crippen LogP contribution in [0.25, 0.3) is 5.76 Å². The number of ketones is 1. The van der Waals surface area contributed by atoms with E-state index in [0.29, 0.717) is 16.4 Å². The molecule has 0 bridgehead atoms. The Kier molecular flexibility index (Phi) is 7.44. The van der Waals surface area contributed by atoms with Crippen molar-refractivity contribution in [3.63, 3.8) is 0 Å². The third-order valence-electron chi connectivity index (χ3n) is 6.32. The van der Waals surface area contributed by atoms with Gasteiger partial charge in [0.25, 0.3) is 5.78 Å². The Morgan fingerprint density at radius 2 is 1.76 bits per heavy atom. The number of halogens is 1. The molecule has 1 aliphatic heterocycles. The highest BCUT2D eigenvalue weighted by molar-refractivity contribution is 7.93. The summed E-state index contributed by atoms with van der Waals surface area (Å²) >= 11 is 6.62. The fourth-order valence-corrected chi connectivity index (χ4v) is 6.96. The molecule has 0 spiro atoms. The van der Waals surface area contributed by atoms with Crippen molar-refractivity contribution < 1.29 is 38.2 Å². The lowest BCUT2D eigenvalue weighted by atomic mass is 9.95. The molecule has 1 aliphatic rings. The van der Waals surface area contributed by atoms with E-state index < -0.39 is 33.3 Å². The SMILES string of the molecule is COc1cc(C2C(=C(O)c3ccc(Cl)cc3)C(=O)C(=O)N2c2ncc(S(=O)(=O)c3ccc(NO)cc3)s2)ccc1O. The van der Waals surface area contributed by atoms with Crippen LogP contribution < -0.4 is 15.1 Å². The van der Waals surface area contributed by atoms with E-state index in [4.69, 9.17) is 21.5 Å². The number of carbonyl (C=O) groups excluding carboxylic acids is 2. The van der Waals surface area contributed by atoms with Gasteiger partial charge in [0.15, 0.2) is 16.6 Å². The van der Waals surface area contributed by atoms with Crippen LogP contribution in [-0.4, -0.2) is 47.6 Å². The zero-order valence-electron chi connectivity index (χ0n) is 21.0. The number of methoxy groups -OCH3 is 1. The predicted molar refractivity (Wildman–Crippen MR) is 150 cm³/mol. The molecule has 1 unspecified atom stereocenters.